The Labute approximate surface area is 262 Å². The highest BCUT2D eigenvalue weighted by molar-refractivity contribution is 7.52. The number of rotatable bonds is 11. The molecule has 244 valence electrons. The Hall–Kier alpha value is -4.27. The van der Waals surface area contributed by atoms with Crippen molar-refractivity contribution >= 4 is 24.7 Å². The summed E-state index contributed by atoms with van der Waals surface area (Å²) in [4.78, 5) is 47.3. The molecule has 1 aliphatic rings. The van der Waals surface area contributed by atoms with Gasteiger partial charge >= 0.3 is 19.4 Å². The molecule has 2 aromatic carbocycles. The number of ether oxygens (including phenoxy) is 2. The number of benzene rings is 2. The van der Waals surface area contributed by atoms with Gasteiger partial charge in [0.15, 0.2) is 11.9 Å². The minimum atomic E-state index is -4.55. The molecule has 3 N–H and O–H groups in total. The molecule has 3 heterocycles. The van der Waals surface area contributed by atoms with Gasteiger partial charge in [0.1, 0.15) is 24.0 Å². The average Bonchev–Trinajstić information content (AvgIpc) is 3.23. The quantitative estimate of drug-likeness (QED) is 0.158. The molecule has 0 amide bonds. The topological polar surface area (TPSA) is 184 Å². The Morgan fingerprint density at radius 3 is 2.59 bits per heavy atom. The van der Waals surface area contributed by atoms with E-state index in [1.807, 2.05) is 4.98 Å². The number of halogens is 1. The first-order valence-corrected chi connectivity index (χ1v) is 15.9. The molecule has 0 saturated carbocycles. The fourth-order valence-corrected chi connectivity index (χ4v) is 6.48. The number of alkyl halides is 1. The van der Waals surface area contributed by atoms with Crippen LogP contribution < -0.4 is 20.9 Å². The third-order valence-corrected chi connectivity index (χ3v) is 8.81. The summed E-state index contributed by atoms with van der Waals surface area (Å²) in [6.45, 7) is 5.01. The van der Waals surface area contributed by atoms with E-state index in [0.717, 1.165) is 23.8 Å². The third kappa shape index (κ3) is 6.93. The largest absolute Gasteiger partial charge is 0.462 e. The summed E-state index contributed by atoms with van der Waals surface area (Å²) in [6, 6.07) is 11.8. The number of carbonyl (C=O) groups is 1. The van der Waals surface area contributed by atoms with Crippen LogP contribution >= 0.6 is 7.75 Å². The van der Waals surface area contributed by atoms with Crippen molar-refractivity contribution in [1.29, 1.82) is 0 Å². The molecule has 1 saturated heterocycles. The Morgan fingerprint density at radius 2 is 1.85 bits per heavy atom. The Morgan fingerprint density at radius 1 is 1.13 bits per heavy atom. The summed E-state index contributed by atoms with van der Waals surface area (Å²) in [5.74, 6) is -0.659. The molecule has 1 fully saturated rings. The van der Waals surface area contributed by atoms with Gasteiger partial charge in [-0.15, -0.1) is 0 Å². The van der Waals surface area contributed by atoms with Crippen LogP contribution in [0.3, 0.4) is 0 Å². The standard InChI is InChI=1S/C30H33FN5O9P/c1-17(2)43-27(39)18(3)35-46(41,42-16-23-26(38)30(4,31)28(44-23)36-15-12-24(37)34-29(36)40)45-22-11-6-5-8-19(22)20-9-7-10-21-25(20)33-14-13-32-21/h5-15,17-18,23,26,28,38H,16H2,1-4H3,(H,35,41)(H,34,37,40). The molecule has 0 bridgehead atoms. The zero-order valence-electron chi connectivity index (χ0n) is 25.3. The van der Waals surface area contributed by atoms with Crippen LogP contribution in [0.25, 0.3) is 22.2 Å². The lowest BCUT2D eigenvalue weighted by atomic mass is 9.98. The first-order chi connectivity index (χ1) is 21.8. The van der Waals surface area contributed by atoms with Crippen molar-refractivity contribution in [2.75, 3.05) is 6.61 Å². The molecular formula is C30H33FN5O9P. The molecule has 2 aromatic heterocycles. The Kier molecular flexibility index (Phi) is 9.52. The van der Waals surface area contributed by atoms with Crippen LogP contribution in [0.15, 0.2) is 76.7 Å². The summed E-state index contributed by atoms with van der Waals surface area (Å²) in [5, 5.41) is 13.4. The van der Waals surface area contributed by atoms with E-state index in [2.05, 4.69) is 15.1 Å². The lowest BCUT2D eigenvalue weighted by Gasteiger charge is -2.26. The molecule has 0 spiro atoms. The molecule has 6 atom stereocenters. The summed E-state index contributed by atoms with van der Waals surface area (Å²) in [7, 11) is -4.55. The number of para-hydroxylation sites is 2. The van der Waals surface area contributed by atoms with E-state index in [-0.39, 0.29) is 5.75 Å². The van der Waals surface area contributed by atoms with E-state index in [1.165, 1.54) is 19.2 Å². The van der Waals surface area contributed by atoms with Gasteiger partial charge in [0.2, 0.25) is 0 Å². The minimum absolute atomic E-state index is 0.0850. The number of hydrogen-bond donors (Lipinski definition) is 3. The van der Waals surface area contributed by atoms with E-state index in [4.69, 9.17) is 18.5 Å². The Bertz CT molecular complexity index is 1890. The number of fused-ring (bicyclic) bond motifs is 1. The number of nitrogens with one attached hydrogen (secondary N) is 2. The smallest absolute Gasteiger partial charge is 0.459 e. The molecule has 4 aromatic rings. The van der Waals surface area contributed by atoms with Gasteiger partial charge < -0.3 is 19.1 Å². The van der Waals surface area contributed by atoms with Gasteiger partial charge in [-0.3, -0.25) is 33.6 Å². The van der Waals surface area contributed by atoms with E-state index in [9.17, 15) is 24.1 Å². The molecule has 16 heteroatoms. The van der Waals surface area contributed by atoms with Crippen molar-refractivity contribution in [3.8, 4) is 16.9 Å². The van der Waals surface area contributed by atoms with Gasteiger partial charge in [-0.1, -0.05) is 30.3 Å². The summed E-state index contributed by atoms with van der Waals surface area (Å²) < 4.78 is 53.6. The predicted octanol–water partition coefficient (Wildman–Crippen LogP) is 3.27. The van der Waals surface area contributed by atoms with E-state index in [0.29, 0.717) is 22.2 Å². The summed E-state index contributed by atoms with van der Waals surface area (Å²) >= 11 is 0. The molecule has 1 aliphatic heterocycles. The third-order valence-electron chi connectivity index (χ3n) is 7.18. The lowest BCUT2D eigenvalue weighted by molar-refractivity contribution is -0.149. The first kappa shape index (κ1) is 33.1. The first-order valence-electron chi connectivity index (χ1n) is 14.3. The number of nitrogens with zero attached hydrogens (tertiary/aromatic N) is 3. The van der Waals surface area contributed by atoms with E-state index in [1.54, 1.807) is 56.4 Å². The SMILES string of the molecule is CC(C)OC(=O)C(C)NP(=O)(OCC1OC(n2ccc(=O)[nH]c2=O)C(C)(F)C1O)Oc1ccccc1-c1cccc2nccnc12. The maximum absolute atomic E-state index is 15.8. The zero-order chi connectivity index (χ0) is 33.2. The maximum atomic E-state index is 15.8. The number of aliphatic hydroxyl groups excluding tert-OH is 1. The molecule has 0 radical (unpaired) electrons. The summed E-state index contributed by atoms with van der Waals surface area (Å²) in [6.07, 6.45) is -1.34. The molecular weight excluding hydrogens is 624 g/mol. The van der Waals surface area contributed by atoms with Crippen molar-refractivity contribution in [3.63, 3.8) is 0 Å². The molecule has 0 aliphatic carbocycles. The van der Waals surface area contributed by atoms with Crippen LogP contribution in [0.4, 0.5) is 4.39 Å². The van der Waals surface area contributed by atoms with Gasteiger partial charge in [-0.2, -0.15) is 5.09 Å². The van der Waals surface area contributed by atoms with Crippen molar-refractivity contribution in [2.24, 2.45) is 0 Å². The molecule has 14 nitrogen and oxygen atoms in total. The number of carbonyl (C=O) groups excluding carboxylic acids is 1. The molecule has 6 unspecified atom stereocenters. The maximum Gasteiger partial charge on any atom is 0.459 e. The van der Waals surface area contributed by atoms with Crippen LogP contribution in [0.5, 0.6) is 5.75 Å². The van der Waals surface area contributed by atoms with Crippen molar-refractivity contribution in [2.45, 2.75) is 63.9 Å². The predicted molar refractivity (Wildman–Crippen MR) is 164 cm³/mol. The van der Waals surface area contributed by atoms with Crippen molar-refractivity contribution < 1.29 is 37.4 Å². The fraction of sp³-hybridized carbons (Fsp3) is 0.367. The van der Waals surface area contributed by atoms with Crippen LogP contribution in [0.1, 0.15) is 33.9 Å². The van der Waals surface area contributed by atoms with Crippen LogP contribution in [-0.4, -0.2) is 67.2 Å². The van der Waals surface area contributed by atoms with Gasteiger partial charge in [0.25, 0.3) is 5.56 Å². The lowest BCUT2D eigenvalue weighted by Crippen LogP contribution is -2.43. The van der Waals surface area contributed by atoms with Crippen LogP contribution in [-0.2, 0) is 23.4 Å². The zero-order valence-corrected chi connectivity index (χ0v) is 26.2. The van der Waals surface area contributed by atoms with E-state index >= 15 is 4.39 Å². The van der Waals surface area contributed by atoms with Gasteiger partial charge in [0, 0.05) is 35.8 Å². The fourth-order valence-electron chi connectivity index (χ4n) is 4.96. The monoisotopic (exact) mass is 657 g/mol. The van der Waals surface area contributed by atoms with Gasteiger partial charge in [-0.25, -0.2) is 13.8 Å². The van der Waals surface area contributed by atoms with Gasteiger partial charge in [-0.05, 0) is 39.8 Å². The normalized spacial score (nSPS) is 23.2. The van der Waals surface area contributed by atoms with Crippen molar-refractivity contribution in [1.82, 2.24) is 24.6 Å². The van der Waals surface area contributed by atoms with Crippen molar-refractivity contribution in [3.05, 3.63) is 88.0 Å². The average molecular weight is 658 g/mol. The second kappa shape index (κ2) is 13.2. The Balaban J connectivity index is 1.46. The second-order valence-electron chi connectivity index (χ2n) is 11.1. The number of H-pyrrole nitrogens is 1. The number of aromatic nitrogens is 4. The van der Waals surface area contributed by atoms with Crippen LogP contribution in [0.2, 0.25) is 0 Å². The molecule has 5 rings (SSSR count). The minimum Gasteiger partial charge on any atom is -0.462 e. The number of esters is 1. The second-order valence-corrected chi connectivity index (χ2v) is 12.8. The molecule has 46 heavy (non-hydrogen) atoms. The summed E-state index contributed by atoms with van der Waals surface area (Å²) in [5.41, 5.74) is -1.96. The highest BCUT2D eigenvalue weighted by atomic mass is 31.2. The van der Waals surface area contributed by atoms with Crippen LogP contribution in [0, 0.1) is 0 Å². The number of aromatic amines is 1. The number of hydrogen-bond acceptors (Lipinski definition) is 11. The van der Waals surface area contributed by atoms with E-state index < -0.39 is 67.8 Å². The van der Waals surface area contributed by atoms with Gasteiger partial charge in [0.05, 0.1) is 23.7 Å². The highest BCUT2D eigenvalue weighted by Gasteiger charge is 2.56. The highest BCUT2D eigenvalue weighted by Crippen LogP contribution is 2.49. The number of aliphatic hydroxyl groups is 1.